The van der Waals surface area contributed by atoms with Gasteiger partial charge < -0.3 is 15.5 Å². The molecule has 0 saturated heterocycles. The number of nitrogens with one attached hydrogen (secondary N) is 1. The van der Waals surface area contributed by atoms with E-state index in [0.717, 1.165) is 35.6 Å². The Kier molecular flexibility index (Phi) is 12.6. The summed E-state index contributed by atoms with van der Waals surface area (Å²) in [4.78, 5) is 18.2. The number of thiazole rings is 1. The van der Waals surface area contributed by atoms with Crippen LogP contribution in [0.3, 0.4) is 0 Å². The molecule has 31 heteroatoms. The predicted molar refractivity (Wildman–Crippen MR) is 262 cm³/mol. The molecule has 0 spiro atoms. The molecule has 0 aliphatic carbocycles. The van der Waals surface area contributed by atoms with E-state index in [4.69, 9.17) is 0 Å². The minimum Gasteiger partial charge on any atom is -0.505 e. The second kappa shape index (κ2) is 18.5. The van der Waals surface area contributed by atoms with Crippen LogP contribution in [0.5, 0.6) is 11.6 Å². The highest BCUT2D eigenvalue weighted by atomic mass is 32.2. The number of phenols is 1. The molecule has 26 nitrogen and oxygen atoms in total. The lowest BCUT2D eigenvalue weighted by Crippen LogP contribution is -2.12. The second-order valence-electron chi connectivity index (χ2n) is 15.4. The largest absolute Gasteiger partial charge is 0.505 e. The molecule has 0 fully saturated rings. The van der Waals surface area contributed by atoms with Crippen LogP contribution < -0.4 is 5.32 Å². The van der Waals surface area contributed by atoms with E-state index in [9.17, 15) is 72.2 Å². The Bertz CT molecular complexity index is 4540. The van der Waals surface area contributed by atoms with Gasteiger partial charge in [-0.15, -0.1) is 30.7 Å². The van der Waals surface area contributed by atoms with Crippen molar-refractivity contribution in [3.05, 3.63) is 120 Å². The van der Waals surface area contributed by atoms with Crippen molar-refractivity contribution in [2.24, 2.45) is 30.7 Å². The molecule has 0 aliphatic rings. The Morgan fingerprint density at radius 1 is 0.649 bits per heavy atom. The van der Waals surface area contributed by atoms with Gasteiger partial charge in [0.15, 0.2) is 17.1 Å². The zero-order valence-electron chi connectivity index (χ0n) is 36.7. The van der Waals surface area contributed by atoms with Gasteiger partial charge in [0.25, 0.3) is 46.4 Å². The summed E-state index contributed by atoms with van der Waals surface area (Å²) in [6.07, 6.45) is 0. The smallest absolute Gasteiger partial charge is 0.296 e. The first kappa shape index (κ1) is 50.4. The van der Waals surface area contributed by atoms with E-state index in [2.05, 4.69) is 46.0 Å². The van der Waals surface area contributed by atoms with E-state index in [1.807, 2.05) is 6.07 Å². The van der Waals surface area contributed by atoms with Crippen LogP contribution in [0.4, 0.5) is 39.3 Å². The highest BCUT2D eigenvalue weighted by molar-refractivity contribution is 7.86. The summed E-state index contributed by atoms with van der Waals surface area (Å²) in [6, 6.07) is 22.9. The standard InChI is InChI=1S/C43H27N11O15S5/c1-20-25(19-44)40-45-26-9-5-6-10-32(26)54(40)42(57)37(20)51-49-30-16-24-22(13-34(30)72(61,62)63)14-36(74(67,68)69)38(39(24)55)52-50-31-17-28(46-41(56)21-7-3-2-4-8-21)29(18-35(31)73(64,65)66)48-53-43-47-27-12-11-23(71(58,59)60)15-33(27)70-43/h2-18,55,57H,1H3,(H,46,56)(H,58,59,60)(H,61,62,63)(H,64,65,66)(H,67,68,69). The van der Waals surface area contributed by atoms with Crippen molar-refractivity contribution in [1.29, 1.82) is 5.26 Å². The predicted octanol–water partition coefficient (Wildman–Crippen LogP) is 9.33. The number of aromatic nitrogens is 3. The maximum absolute atomic E-state index is 13.4. The molecule has 0 saturated carbocycles. The van der Waals surface area contributed by atoms with Crippen LogP contribution in [0.15, 0.2) is 153 Å². The van der Waals surface area contributed by atoms with Gasteiger partial charge in [-0.2, -0.15) is 38.9 Å². The Balaban J connectivity index is 1.19. The second-order valence-corrected chi connectivity index (χ2v) is 22.0. The summed E-state index contributed by atoms with van der Waals surface area (Å²) in [5.41, 5.74) is -2.92. The van der Waals surface area contributed by atoms with Crippen LogP contribution in [0, 0.1) is 18.3 Å². The van der Waals surface area contributed by atoms with Crippen molar-refractivity contribution >= 4 is 135 Å². The summed E-state index contributed by atoms with van der Waals surface area (Å²) < 4.78 is 143. The summed E-state index contributed by atoms with van der Waals surface area (Å²) in [5.74, 6) is -2.60. The number of benzene rings is 6. The molecule has 9 aromatic rings. The fourth-order valence-corrected chi connectivity index (χ4v) is 10.7. The van der Waals surface area contributed by atoms with Gasteiger partial charge in [0, 0.05) is 16.5 Å². The fourth-order valence-electron chi connectivity index (χ4n) is 7.37. The van der Waals surface area contributed by atoms with Gasteiger partial charge in [-0.25, -0.2) is 9.97 Å². The van der Waals surface area contributed by atoms with Crippen molar-refractivity contribution in [3.8, 4) is 17.7 Å². The van der Waals surface area contributed by atoms with E-state index in [0.29, 0.717) is 29.2 Å². The maximum Gasteiger partial charge on any atom is 0.296 e. The number of imidazole rings is 1. The molecule has 9 rings (SSSR count). The average Bonchev–Trinajstić information content (AvgIpc) is 3.93. The van der Waals surface area contributed by atoms with E-state index in [1.165, 1.54) is 41.7 Å². The number of pyridine rings is 1. The maximum atomic E-state index is 13.4. The lowest BCUT2D eigenvalue weighted by molar-refractivity contribution is 0.102. The first-order valence-corrected chi connectivity index (χ1v) is 26.9. The Labute approximate surface area is 419 Å². The minimum atomic E-state index is -5.48. The number of carbonyl (C=O) groups excluding carboxylic acids is 1. The number of nitrogens with zero attached hydrogens (tertiary/aromatic N) is 10. The Morgan fingerprint density at radius 2 is 1.26 bits per heavy atom. The fraction of sp³-hybridized carbons (Fsp3) is 0.0233. The number of amides is 1. The lowest BCUT2D eigenvalue weighted by atomic mass is 10.1. The van der Waals surface area contributed by atoms with Crippen LogP contribution in [0.25, 0.3) is 37.7 Å². The molecule has 7 N–H and O–H groups in total. The summed E-state index contributed by atoms with van der Waals surface area (Å²) >= 11 is 0.789. The van der Waals surface area contributed by atoms with Crippen molar-refractivity contribution in [2.75, 3.05) is 5.32 Å². The third-order valence-electron chi connectivity index (χ3n) is 10.8. The summed E-state index contributed by atoms with van der Waals surface area (Å²) in [7, 11) is -20.8. The molecule has 0 bridgehead atoms. The normalized spacial score (nSPS) is 12.8. The molecule has 74 heavy (non-hydrogen) atoms. The van der Waals surface area contributed by atoms with Crippen molar-refractivity contribution in [3.63, 3.8) is 0 Å². The molecular formula is C43H27N11O15S5. The highest BCUT2D eigenvalue weighted by Gasteiger charge is 2.28. The number of hydrogen-bond donors (Lipinski definition) is 7. The number of anilines is 1. The minimum absolute atomic E-state index is 0.0320. The zero-order chi connectivity index (χ0) is 53.2. The van der Waals surface area contributed by atoms with Crippen LogP contribution >= 0.6 is 11.3 Å². The average molecular weight is 1100 g/mol. The number of hydrogen-bond acceptors (Lipinski definition) is 21. The van der Waals surface area contributed by atoms with Crippen LogP contribution in [0.2, 0.25) is 0 Å². The van der Waals surface area contributed by atoms with Crippen LogP contribution in [0.1, 0.15) is 21.5 Å². The first-order valence-electron chi connectivity index (χ1n) is 20.3. The summed E-state index contributed by atoms with van der Waals surface area (Å²) in [5, 5.41) is 58.0. The van der Waals surface area contributed by atoms with Crippen molar-refractivity contribution < 1.29 is 66.9 Å². The molecule has 3 heterocycles. The quantitative estimate of drug-likeness (QED) is 0.0442. The molecule has 0 aliphatic heterocycles. The van der Waals surface area contributed by atoms with Gasteiger partial charge in [0.2, 0.25) is 11.0 Å². The molecule has 1 amide bonds. The lowest BCUT2D eigenvalue weighted by Gasteiger charge is -2.13. The van der Waals surface area contributed by atoms with Gasteiger partial charge in [-0.05, 0) is 85.1 Å². The van der Waals surface area contributed by atoms with Gasteiger partial charge in [0.05, 0.1) is 31.8 Å². The number of carbonyl (C=O) groups is 1. The SMILES string of the molecule is Cc1c(N=Nc2cc3c(O)c(N=Nc4cc(NC(=O)c5ccccc5)c(N=Nc5nc6ccc(S(=O)(=O)O)cc6s5)cc4S(=O)(=O)O)c(S(=O)(=O)O)cc3cc2S(=O)(=O)O)c(O)n2c(nc3ccccc32)c1C#N. The molecule has 0 atom stereocenters. The number of phenolic OH excluding ortho intramolecular Hbond substituents is 1. The van der Waals surface area contributed by atoms with Gasteiger partial charge in [-0.3, -0.25) is 27.4 Å². The molecule has 0 unspecified atom stereocenters. The number of fused-ring (bicyclic) bond motifs is 5. The van der Waals surface area contributed by atoms with Crippen LogP contribution in [-0.2, 0) is 40.5 Å². The highest BCUT2D eigenvalue weighted by Crippen LogP contribution is 2.46. The number of rotatable bonds is 12. The van der Waals surface area contributed by atoms with E-state index in [-0.39, 0.29) is 49.1 Å². The number of para-hydroxylation sites is 2. The van der Waals surface area contributed by atoms with E-state index >= 15 is 0 Å². The molecule has 6 aromatic carbocycles. The first-order chi connectivity index (χ1) is 34.8. The number of azo groups is 3. The Hall–Kier alpha value is -8.58. The Morgan fingerprint density at radius 3 is 1.92 bits per heavy atom. The van der Waals surface area contributed by atoms with Crippen molar-refractivity contribution in [2.45, 2.75) is 26.5 Å². The van der Waals surface area contributed by atoms with E-state index in [1.54, 1.807) is 30.3 Å². The van der Waals surface area contributed by atoms with Gasteiger partial charge in [0.1, 0.15) is 49.1 Å². The van der Waals surface area contributed by atoms with E-state index < -0.39 is 111 Å². The van der Waals surface area contributed by atoms with Gasteiger partial charge in [-0.1, -0.05) is 41.7 Å². The van der Waals surface area contributed by atoms with Gasteiger partial charge >= 0.3 is 0 Å². The molecule has 3 aromatic heterocycles. The van der Waals surface area contributed by atoms with Crippen molar-refractivity contribution in [1.82, 2.24) is 14.4 Å². The monoisotopic (exact) mass is 1100 g/mol. The summed E-state index contributed by atoms with van der Waals surface area (Å²) in [6.45, 7) is 1.39. The van der Waals surface area contributed by atoms with Crippen LogP contribution in [-0.4, -0.2) is 82.4 Å². The third kappa shape index (κ3) is 9.60. The zero-order valence-corrected chi connectivity index (χ0v) is 40.8. The topological polar surface area (TPSA) is 415 Å². The molecular weight excluding hydrogens is 1070 g/mol. The molecule has 0 radical (unpaired) electrons. The molecule has 374 valence electrons. The third-order valence-corrected chi connectivity index (χ3v) is 15.2. The number of aromatic hydroxyl groups is 2. The number of nitriles is 1.